The van der Waals surface area contributed by atoms with Gasteiger partial charge in [0, 0.05) is 19.3 Å². The molecule has 0 spiro atoms. The van der Waals surface area contributed by atoms with Crippen LogP contribution in [0.15, 0.2) is 12.7 Å². The van der Waals surface area contributed by atoms with Crippen LogP contribution in [0.4, 0.5) is 0 Å². The van der Waals surface area contributed by atoms with Crippen molar-refractivity contribution in [1.82, 2.24) is 0 Å². The fraction of sp³-hybridized carbons (Fsp3) is 0.727. The summed E-state index contributed by atoms with van der Waals surface area (Å²) in [6.07, 6.45) is 1.93. The molecule has 0 aromatic carbocycles. The molecule has 0 amide bonds. The molecule has 0 aromatic rings. The molecular weight excluding hydrogens is 252 g/mol. The van der Waals surface area contributed by atoms with Gasteiger partial charge in [0.15, 0.2) is 0 Å². The quantitative estimate of drug-likeness (QED) is 0.271. The Morgan fingerprint density at radius 2 is 1.82 bits per heavy atom. The molecule has 6 heteroatoms. The van der Waals surface area contributed by atoms with Crippen molar-refractivity contribution in [3.05, 3.63) is 12.7 Å². The molecule has 4 nitrogen and oxygen atoms in total. The SMILES string of the molecule is C=CC(=O)OCCC[Si](C)(OCC)OCC.[SiH4]. The molecule has 0 heterocycles. The minimum absolute atomic E-state index is 0. The van der Waals surface area contributed by atoms with E-state index in [0.717, 1.165) is 12.5 Å². The van der Waals surface area contributed by atoms with Gasteiger partial charge < -0.3 is 13.6 Å². The highest BCUT2D eigenvalue weighted by Crippen LogP contribution is 2.15. The lowest BCUT2D eigenvalue weighted by Crippen LogP contribution is -2.38. The average Bonchev–Trinajstić information content (AvgIpc) is 2.25. The highest BCUT2D eigenvalue weighted by atomic mass is 28.4. The normalized spacial score (nSPS) is 10.5. The molecule has 0 aliphatic carbocycles. The number of hydrogen-bond acceptors (Lipinski definition) is 4. The van der Waals surface area contributed by atoms with Crippen molar-refractivity contribution in [2.24, 2.45) is 0 Å². The van der Waals surface area contributed by atoms with E-state index in [9.17, 15) is 4.79 Å². The van der Waals surface area contributed by atoms with Crippen LogP contribution < -0.4 is 0 Å². The zero-order chi connectivity index (χ0) is 12.4. The highest BCUT2D eigenvalue weighted by molar-refractivity contribution is 6.66. The van der Waals surface area contributed by atoms with Crippen LogP contribution >= 0.6 is 0 Å². The van der Waals surface area contributed by atoms with E-state index in [4.69, 9.17) is 13.6 Å². The van der Waals surface area contributed by atoms with Crippen LogP contribution in [-0.4, -0.2) is 45.3 Å². The van der Waals surface area contributed by atoms with Gasteiger partial charge in [0.05, 0.1) is 6.61 Å². The molecule has 0 saturated carbocycles. The summed E-state index contributed by atoms with van der Waals surface area (Å²) in [5.74, 6) is -0.379. The number of hydrogen-bond donors (Lipinski definition) is 0. The van der Waals surface area contributed by atoms with Gasteiger partial charge in [-0.2, -0.15) is 0 Å². The monoisotopic (exact) mass is 278 g/mol. The molecule has 0 bridgehead atoms. The van der Waals surface area contributed by atoms with Crippen LogP contribution in [0.25, 0.3) is 0 Å². The lowest BCUT2D eigenvalue weighted by molar-refractivity contribution is -0.137. The number of carbonyl (C=O) groups is 1. The number of carbonyl (C=O) groups excluding carboxylic acids is 1. The van der Waals surface area contributed by atoms with Crippen molar-refractivity contribution in [3.8, 4) is 0 Å². The second-order valence-corrected chi connectivity index (χ2v) is 6.82. The van der Waals surface area contributed by atoms with Crippen molar-refractivity contribution in [1.29, 1.82) is 0 Å². The third-order valence-electron chi connectivity index (χ3n) is 2.09. The predicted molar refractivity (Wildman–Crippen MR) is 76.8 cm³/mol. The smallest absolute Gasteiger partial charge is 0.335 e. The van der Waals surface area contributed by atoms with Gasteiger partial charge in [0.25, 0.3) is 0 Å². The van der Waals surface area contributed by atoms with E-state index in [1.54, 1.807) is 0 Å². The van der Waals surface area contributed by atoms with Gasteiger partial charge >= 0.3 is 14.5 Å². The zero-order valence-corrected chi connectivity index (χ0v) is 11.5. The zero-order valence-electron chi connectivity index (χ0n) is 10.5. The summed E-state index contributed by atoms with van der Waals surface area (Å²) in [6, 6.07) is 0.832. The summed E-state index contributed by atoms with van der Waals surface area (Å²) in [7, 11) is -2.05. The molecule has 0 N–H and O–H groups in total. The number of ether oxygens (including phenoxy) is 1. The van der Waals surface area contributed by atoms with E-state index in [0.29, 0.717) is 19.8 Å². The van der Waals surface area contributed by atoms with Crippen LogP contribution in [0.2, 0.25) is 12.6 Å². The molecule has 0 aliphatic heterocycles. The largest absolute Gasteiger partial charge is 0.463 e. The minimum Gasteiger partial charge on any atom is -0.463 e. The van der Waals surface area contributed by atoms with E-state index < -0.39 is 8.56 Å². The second kappa shape index (κ2) is 10.7. The molecule has 0 aromatic heterocycles. The lowest BCUT2D eigenvalue weighted by atomic mass is 10.5. The summed E-state index contributed by atoms with van der Waals surface area (Å²) >= 11 is 0. The van der Waals surface area contributed by atoms with Crippen molar-refractivity contribution in [2.75, 3.05) is 19.8 Å². The van der Waals surface area contributed by atoms with E-state index in [2.05, 4.69) is 6.58 Å². The first-order valence-corrected chi connectivity index (χ1v) is 8.17. The molecule has 0 atom stereocenters. The van der Waals surface area contributed by atoms with Gasteiger partial charge in [-0.15, -0.1) is 0 Å². The van der Waals surface area contributed by atoms with Gasteiger partial charge in [-0.25, -0.2) is 4.79 Å². The van der Waals surface area contributed by atoms with Crippen molar-refractivity contribution < 1.29 is 18.4 Å². The van der Waals surface area contributed by atoms with Crippen LogP contribution in [0, 0.1) is 0 Å². The molecule has 0 unspecified atom stereocenters. The predicted octanol–water partition coefficient (Wildman–Crippen LogP) is 0.799. The van der Waals surface area contributed by atoms with Crippen LogP contribution in [0.3, 0.4) is 0 Å². The Morgan fingerprint density at radius 3 is 2.24 bits per heavy atom. The fourth-order valence-corrected chi connectivity index (χ4v) is 3.80. The van der Waals surface area contributed by atoms with E-state index in [-0.39, 0.29) is 16.9 Å². The summed E-state index contributed by atoms with van der Waals surface area (Å²) in [6.45, 7) is 11.0. The molecular formula is C11H26O4Si2. The third-order valence-corrected chi connectivity index (χ3v) is 5.15. The average molecular weight is 278 g/mol. The minimum atomic E-state index is -2.05. The summed E-state index contributed by atoms with van der Waals surface area (Å²) in [5, 5.41) is 0. The van der Waals surface area contributed by atoms with Gasteiger partial charge in [0.2, 0.25) is 0 Å². The Hall–Kier alpha value is -0.436. The molecule has 0 saturated heterocycles. The maximum Gasteiger partial charge on any atom is 0.335 e. The number of esters is 1. The Bertz CT molecular complexity index is 216. The van der Waals surface area contributed by atoms with Gasteiger partial charge in [-0.05, 0) is 43.8 Å². The fourth-order valence-electron chi connectivity index (χ4n) is 1.42. The maximum absolute atomic E-state index is 10.8. The third kappa shape index (κ3) is 9.28. The topological polar surface area (TPSA) is 44.8 Å². The lowest BCUT2D eigenvalue weighted by Gasteiger charge is -2.25. The molecule has 0 aliphatic rings. The molecule has 17 heavy (non-hydrogen) atoms. The first-order valence-electron chi connectivity index (χ1n) is 5.65. The van der Waals surface area contributed by atoms with Gasteiger partial charge in [0.1, 0.15) is 0 Å². The van der Waals surface area contributed by atoms with Gasteiger partial charge in [-0.3, -0.25) is 0 Å². The first kappa shape index (κ1) is 18.9. The van der Waals surface area contributed by atoms with Crippen molar-refractivity contribution in [3.63, 3.8) is 0 Å². The van der Waals surface area contributed by atoms with Crippen LogP contribution in [0.1, 0.15) is 20.3 Å². The summed E-state index contributed by atoms with van der Waals surface area (Å²) in [4.78, 5) is 10.8. The second-order valence-electron chi connectivity index (χ2n) is 3.48. The molecule has 0 fully saturated rings. The summed E-state index contributed by atoms with van der Waals surface area (Å²) < 4.78 is 16.2. The van der Waals surface area contributed by atoms with Crippen LogP contribution in [-0.2, 0) is 18.4 Å². The van der Waals surface area contributed by atoms with E-state index in [1.165, 1.54) is 6.08 Å². The number of rotatable bonds is 9. The van der Waals surface area contributed by atoms with Crippen molar-refractivity contribution in [2.45, 2.75) is 32.9 Å². The molecule has 0 rings (SSSR count). The Labute approximate surface area is 110 Å². The van der Waals surface area contributed by atoms with Crippen molar-refractivity contribution >= 4 is 25.5 Å². The standard InChI is InChI=1S/C11H22O4Si.H4Si/c1-5-11(12)13-9-8-10-16(4,14-6-2)15-7-3;/h5H,1,6-10H2,2-4H3;1H4. The van der Waals surface area contributed by atoms with E-state index in [1.807, 2.05) is 20.4 Å². The molecule has 0 radical (unpaired) electrons. The van der Waals surface area contributed by atoms with Crippen LogP contribution in [0.5, 0.6) is 0 Å². The summed E-state index contributed by atoms with van der Waals surface area (Å²) in [5.41, 5.74) is 0. The molecule has 102 valence electrons. The Kier molecular flexibility index (Phi) is 11.9. The Balaban J connectivity index is 0. The van der Waals surface area contributed by atoms with E-state index >= 15 is 0 Å². The Morgan fingerprint density at radius 1 is 1.29 bits per heavy atom. The van der Waals surface area contributed by atoms with Gasteiger partial charge in [-0.1, -0.05) is 6.58 Å². The maximum atomic E-state index is 10.8. The first-order chi connectivity index (χ1) is 7.58. The highest BCUT2D eigenvalue weighted by Gasteiger charge is 2.29.